The van der Waals surface area contributed by atoms with Gasteiger partial charge < -0.3 is 11.1 Å². The molecule has 2 N–H and O–H groups in total. The largest absolute Gasteiger partial charge is 0.420 e. The van der Waals surface area contributed by atoms with Gasteiger partial charge in [0.25, 0.3) is 0 Å². The minimum atomic E-state index is 0.588. The van der Waals surface area contributed by atoms with Gasteiger partial charge in [0, 0.05) is 13.1 Å². The van der Waals surface area contributed by atoms with E-state index in [1.165, 1.54) is 5.56 Å². The van der Waals surface area contributed by atoms with Gasteiger partial charge in [-0.05, 0) is 11.1 Å². The van der Waals surface area contributed by atoms with Gasteiger partial charge in [0.1, 0.15) is 0 Å². The third-order valence-electron chi connectivity index (χ3n) is 1.52. The summed E-state index contributed by atoms with van der Waals surface area (Å²) in [6, 6.07) is 8.07. The fourth-order valence-corrected chi connectivity index (χ4v) is 0.984. The Morgan fingerprint density at radius 1 is 1.36 bits per heavy atom. The molecule has 0 spiro atoms. The zero-order valence-corrected chi connectivity index (χ0v) is 6.46. The minimum absolute atomic E-state index is 0.588. The summed E-state index contributed by atoms with van der Waals surface area (Å²) in [7, 11) is 3.43. The lowest BCUT2D eigenvalue weighted by molar-refractivity contribution is 0.845. The van der Waals surface area contributed by atoms with Gasteiger partial charge in [0.15, 0.2) is 0 Å². The Labute approximate surface area is 67.4 Å². The molecular weight excluding hydrogens is 136 g/mol. The topological polar surface area (TPSA) is 40.1 Å². The van der Waals surface area contributed by atoms with E-state index in [-0.39, 0.29) is 0 Å². The van der Waals surface area contributed by atoms with Crippen LogP contribution in [0.3, 0.4) is 0 Å². The zero-order valence-electron chi connectivity index (χ0n) is 6.46. The van der Waals surface area contributed by atoms with Crippen LogP contribution in [-0.4, -0.2) is 0 Å². The third-order valence-corrected chi connectivity index (χ3v) is 1.52. The van der Waals surface area contributed by atoms with Crippen molar-refractivity contribution in [2.24, 2.45) is 5.73 Å². The molecule has 0 bridgehead atoms. The Bertz CT molecular complexity index is 221. The second-order valence-electron chi connectivity index (χ2n) is 2.41. The van der Waals surface area contributed by atoms with Crippen molar-refractivity contribution in [1.82, 2.24) is 5.32 Å². The molecule has 0 aliphatic rings. The van der Waals surface area contributed by atoms with E-state index >= 15 is 0 Å². The lowest BCUT2D eigenvalue weighted by Gasteiger charge is -2.03. The summed E-state index contributed by atoms with van der Waals surface area (Å²) < 4.78 is 0. The summed E-state index contributed by atoms with van der Waals surface area (Å²) in [6.07, 6.45) is 0. The van der Waals surface area contributed by atoms with Crippen LogP contribution >= 0.6 is 0 Å². The van der Waals surface area contributed by atoms with Crippen LogP contribution in [0, 0.1) is 7.05 Å². The standard InChI is InChI=1S/C9H12N2/c1-11-7-9-4-2-3-8(5-9)6-10/h2-5H,1,6-7,10H2/q-1. The van der Waals surface area contributed by atoms with Gasteiger partial charge in [0.05, 0.1) is 0 Å². The molecule has 0 atom stereocenters. The average Bonchev–Trinajstić information content (AvgIpc) is 2.06. The summed E-state index contributed by atoms with van der Waals surface area (Å²) >= 11 is 0. The average molecular weight is 148 g/mol. The number of nitrogens with zero attached hydrogens (tertiary/aromatic N) is 1. The van der Waals surface area contributed by atoms with E-state index in [1.807, 2.05) is 18.2 Å². The first-order chi connectivity index (χ1) is 5.36. The first-order valence-corrected chi connectivity index (χ1v) is 3.57. The molecule has 1 aromatic carbocycles. The van der Waals surface area contributed by atoms with Gasteiger partial charge in [0.2, 0.25) is 0 Å². The smallest absolute Gasteiger partial charge is 0.0178 e. The second-order valence-corrected chi connectivity index (χ2v) is 2.41. The quantitative estimate of drug-likeness (QED) is 0.639. The van der Waals surface area contributed by atoms with Gasteiger partial charge in [-0.2, -0.15) is 0 Å². The van der Waals surface area contributed by atoms with E-state index in [4.69, 9.17) is 5.73 Å². The molecule has 0 saturated carbocycles. The van der Waals surface area contributed by atoms with Gasteiger partial charge in [-0.25, -0.2) is 0 Å². The molecule has 0 unspecified atom stereocenters. The predicted octanol–water partition coefficient (Wildman–Crippen LogP) is 1.04. The highest BCUT2D eigenvalue weighted by Gasteiger charge is 1.90. The van der Waals surface area contributed by atoms with Crippen LogP contribution in [0.4, 0.5) is 0 Å². The van der Waals surface area contributed by atoms with Gasteiger partial charge in [-0.15, -0.1) is 0 Å². The van der Waals surface area contributed by atoms with Crippen molar-refractivity contribution in [2.45, 2.75) is 13.1 Å². The van der Waals surface area contributed by atoms with Gasteiger partial charge >= 0.3 is 0 Å². The molecule has 2 heteroatoms. The normalized spacial score (nSPS) is 10.0. The Morgan fingerprint density at radius 3 is 2.73 bits per heavy atom. The van der Waals surface area contributed by atoms with E-state index in [1.54, 1.807) is 0 Å². The van der Waals surface area contributed by atoms with Crippen molar-refractivity contribution >= 4 is 0 Å². The maximum atomic E-state index is 5.47. The molecule has 2 nitrogen and oxygen atoms in total. The van der Waals surface area contributed by atoms with Gasteiger partial charge in [-0.1, -0.05) is 24.3 Å². The Morgan fingerprint density at radius 2 is 2.09 bits per heavy atom. The molecular formula is C9H12N2-. The molecule has 0 aliphatic carbocycles. The van der Waals surface area contributed by atoms with Crippen molar-refractivity contribution in [1.29, 1.82) is 0 Å². The minimum Gasteiger partial charge on any atom is -0.420 e. The lowest BCUT2D eigenvalue weighted by Crippen LogP contribution is -1.99. The van der Waals surface area contributed by atoms with Crippen LogP contribution < -0.4 is 11.1 Å². The Kier molecular flexibility index (Phi) is 3.08. The highest BCUT2D eigenvalue weighted by Crippen LogP contribution is 2.03. The van der Waals surface area contributed by atoms with E-state index in [2.05, 4.69) is 18.4 Å². The van der Waals surface area contributed by atoms with Crippen LogP contribution in [0.25, 0.3) is 0 Å². The fraction of sp³-hybridized carbons (Fsp3) is 0.222. The van der Waals surface area contributed by atoms with Crippen LogP contribution in [-0.2, 0) is 13.1 Å². The summed E-state index contributed by atoms with van der Waals surface area (Å²) in [5.74, 6) is 0. The van der Waals surface area contributed by atoms with E-state index in [9.17, 15) is 0 Å². The number of nitrogens with two attached hydrogens (primary N) is 1. The van der Waals surface area contributed by atoms with Crippen molar-refractivity contribution in [2.75, 3.05) is 0 Å². The molecule has 1 radical (unpaired) electrons. The van der Waals surface area contributed by atoms with Crippen LogP contribution in [0.2, 0.25) is 0 Å². The van der Waals surface area contributed by atoms with Crippen LogP contribution in [0.1, 0.15) is 11.1 Å². The van der Waals surface area contributed by atoms with Crippen LogP contribution in [0.15, 0.2) is 24.3 Å². The SMILES string of the molecule is [CH2-][N]Cc1cccc(CN)c1. The zero-order chi connectivity index (χ0) is 8.10. The molecule has 0 aliphatic heterocycles. The van der Waals surface area contributed by atoms with E-state index in [0.717, 1.165) is 5.56 Å². The number of rotatable bonds is 3. The van der Waals surface area contributed by atoms with Crippen molar-refractivity contribution in [3.8, 4) is 0 Å². The monoisotopic (exact) mass is 148 g/mol. The Hall–Kier alpha value is -0.860. The number of hydrogen-bond donors (Lipinski definition) is 1. The maximum absolute atomic E-state index is 5.47. The predicted molar refractivity (Wildman–Crippen MR) is 45.5 cm³/mol. The molecule has 0 aromatic heterocycles. The number of hydrogen-bond acceptors (Lipinski definition) is 1. The molecule has 0 heterocycles. The summed E-state index contributed by atoms with van der Waals surface area (Å²) in [5.41, 5.74) is 7.78. The molecule has 0 amide bonds. The summed E-state index contributed by atoms with van der Waals surface area (Å²) in [4.78, 5) is 0. The first kappa shape index (κ1) is 8.24. The van der Waals surface area contributed by atoms with Crippen molar-refractivity contribution in [3.63, 3.8) is 0 Å². The highest BCUT2D eigenvalue weighted by molar-refractivity contribution is 5.23. The molecule has 11 heavy (non-hydrogen) atoms. The maximum Gasteiger partial charge on any atom is 0.0178 e. The first-order valence-electron chi connectivity index (χ1n) is 3.57. The molecule has 59 valence electrons. The molecule has 0 saturated heterocycles. The Balaban J connectivity index is 2.74. The number of benzene rings is 1. The molecule has 1 rings (SSSR count). The van der Waals surface area contributed by atoms with Crippen LogP contribution in [0.5, 0.6) is 0 Å². The van der Waals surface area contributed by atoms with E-state index in [0.29, 0.717) is 13.1 Å². The summed E-state index contributed by atoms with van der Waals surface area (Å²) in [5, 5.41) is 3.79. The van der Waals surface area contributed by atoms with E-state index < -0.39 is 0 Å². The second kappa shape index (κ2) is 4.11. The molecule has 0 fully saturated rings. The van der Waals surface area contributed by atoms with Gasteiger partial charge in [-0.3, -0.25) is 7.05 Å². The molecule has 1 aromatic rings. The van der Waals surface area contributed by atoms with Crippen molar-refractivity contribution in [3.05, 3.63) is 42.4 Å². The lowest BCUT2D eigenvalue weighted by atomic mass is 10.1. The third kappa shape index (κ3) is 2.33. The fourth-order valence-electron chi connectivity index (χ4n) is 0.984. The highest BCUT2D eigenvalue weighted by atomic mass is 14.8. The van der Waals surface area contributed by atoms with Crippen molar-refractivity contribution < 1.29 is 0 Å². The summed E-state index contributed by atoms with van der Waals surface area (Å²) in [6.45, 7) is 1.26.